The van der Waals surface area contributed by atoms with Crippen LogP contribution in [0.2, 0.25) is 0 Å². The monoisotopic (exact) mass is 409 g/mol. The number of esters is 1. The van der Waals surface area contributed by atoms with Gasteiger partial charge in [0.1, 0.15) is 0 Å². The molecule has 4 nitrogen and oxygen atoms in total. The number of anilines is 1. The second-order valence-corrected chi connectivity index (χ2v) is 9.88. The lowest BCUT2D eigenvalue weighted by atomic mass is 9.75. The van der Waals surface area contributed by atoms with Gasteiger partial charge in [0.25, 0.3) is 0 Å². The van der Waals surface area contributed by atoms with E-state index in [4.69, 9.17) is 4.74 Å². The zero-order chi connectivity index (χ0) is 22.3. The quantitative estimate of drug-likeness (QED) is 0.356. The molecule has 0 saturated heterocycles. The van der Waals surface area contributed by atoms with E-state index in [-0.39, 0.29) is 28.7 Å². The minimum absolute atomic E-state index is 0.0932. The number of nitrogens with zero attached hydrogens (tertiary/aromatic N) is 1. The maximum absolute atomic E-state index is 12.7. The van der Waals surface area contributed by atoms with Crippen LogP contribution in [0, 0.1) is 5.92 Å². The summed E-state index contributed by atoms with van der Waals surface area (Å²) in [6, 6.07) is 6.81. The van der Waals surface area contributed by atoms with Gasteiger partial charge in [-0.25, -0.2) is 4.79 Å². The maximum Gasteiger partial charge on any atom is 0.330 e. The topological polar surface area (TPSA) is 46.6 Å². The van der Waals surface area contributed by atoms with Crippen molar-refractivity contribution >= 4 is 17.6 Å². The van der Waals surface area contributed by atoms with Crippen molar-refractivity contribution in [2.45, 2.75) is 78.2 Å². The van der Waals surface area contributed by atoms with Gasteiger partial charge >= 0.3 is 5.97 Å². The van der Waals surface area contributed by atoms with Gasteiger partial charge in [0.05, 0.1) is 6.61 Å². The van der Waals surface area contributed by atoms with Gasteiger partial charge in [-0.05, 0) is 68.2 Å². The molecule has 1 amide bonds. The summed E-state index contributed by atoms with van der Waals surface area (Å²) in [5.41, 5.74) is 4.48. The van der Waals surface area contributed by atoms with Crippen LogP contribution in [0.15, 0.2) is 42.0 Å². The van der Waals surface area contributed by atoms with E-state index in [1.165, 1.54) is 11.1 Å². The summed E-state index contributed by atoms with van der Waals surface area (Å²) < 4.78 is 4.97. The molecule has 1 heterocycles. The molecule has 3 rings (SSSR count). The van der Waals surface area contributed by atoms with Gasteiger partial charge in [0.2, 0.25) is 5.91 Å². The van der Waals surface area contributed by atoms with E-state index in [0.717, 1.165) is 17.7 Å². The molecule has 0 unspecified atom stereocenters. The smallest absolute Gasteiger partial charge is 0.330 e. The zero-order valence-electron chi connectivity index (χ0n) is 19.4. The van der Waals surface area contributed by atoms with E-state index >= 15 is 0 Å². The average molecular weight is 410 g/mol. The van der Waals surface area contributed by atoms with Crippen LogP contribution < -0.4 is 4.90 Å². The molecule has 1 aromatic carbocycles. The highest BCUT2D eigenvalue weighted by molar-refractivity contribution is 5.98. The fourth-order valence-corrected chi connectivity index (χ4v) is 4.60. The summed E-state index contributed by atoms with van der Waals surface area (Å²) in [7, 11) is 0. The van der Waals surface area contributed by atoms with Crippen molar-refractivity contribution in [2.75, 3.05) is 11.5 Å². The van der Waals surface area contributed by atoms with E-state index in [1.54, 1.807) is 6.08 Å². The van der Waals surface area contributed by atoms with Crippen LogP contribution >= 0.6 is 0 Å². The Morgan fingerprint density at radius 3 is 2.63 bits per heavy atom. The first-order valence-corrected chi connectivity index (χ1v) is 11.0. The summed E-state index contributed by atoms with van der Waals surface area (Å²) in [5.74, 6) is 0.354. The Morgan fingerprint density at radius 1 is 1.30 bits per heavy atom. The molecular weight excluding hydrogens is 374 g/mol. The third-order valence-corrected chi connectivity index (χ3v) is 6.55. The second-order valence-electron chi connectivity index (χ2n) is 9.88. The molecule has 4 heteroatoms. The normalized spacial score (nSPS) is 25.6. The molecule has 2 aliphatic rings. The van der Waals surface area contributed by atoms with Crippen molar-refractivity contribution in [3.05, 3.63) is 53.1 Å². The van der Waals surface area contributed by atoms with Crippen molar-refractivity contribution in [3.8, 4) is 0 Å². The fraction of sp³-hybridized carbons (Fsp3) is 0.538. The SMILES string of the molecule is CCOC(=O)/C=C(C)/C=C/[C@@H]1C[C@]1(C)c1ccc2c(c1)C(C)(C)CC(=O)N2C(C)C. The molecule has 1 aliphatic carbocycles. The molecular formula is C26H35NO3. The van der Waals surface area contributed by atoms with Crippen LogP contribution in [0.4, 0.5) is 5.69 Å². The largest absolute Gasteiger partial charge is 0.463 e. The van der Waals surface area contributed by atoms with Crippen molar-refractivity contribution in [2.24, 2.45) is 5.92 Å². The van der Waals surface area contributed by atoms with E-state index in [0.29, 0.717) is 18.9 Å². The minimum atomic E-state index is -0.292. The number of allylic oxidation sites excluding steroid dienone is 3. The van der Waals surface area contributed by atoms with Gasteiger partial charge in [0.15, 0.2) is 0 Å². The summed E-state index contributed by atoms with van der Waals surface area (Å²) >= 11 is 0. The first-order valence-electron chi connectivity index (χ1n) is 11.0. The van der Waals surface area contributed by atoms with Crippen molar-refractivity contribution in [1.29, 1.82) is 0 Å². The summed E-state index contributed by atoms with van der Waals surface area (Å²) in [6.45, 7) is 14.9. The van der Waals surface area contributed by atoms with Gasteiger partial charge in [-0.15, -0.1) is 0 Å². The third kappa shape index (κ3) is 4.23. The lowest BCUT2D eigenvalue weighted by Crippen LogP contribution is -2.45. The Balaban J connectivity index is 1.84. The molecule has 1 aromatic rings. The first-order chi connectivity index (χ1) is 14.0. The number of benzene rings is 1. The van der Waals surface area contributed by atoms with Gasteiger partial charge in [-0.1, -0.05) is 45.1 Å². The number of amides is 1. The Labute approximate surface area is 181 Å². The summed E-state index contributed by atoms with van der Waals surface area (Å²) in [4.78, 5) is 26.2. The number of hydrogen-bond acceptors (Lipinski definition) is 3. The van der Waals surface area contributed by atoms with Gasteiger partial charge in [0, 0.05) is 29.6 Å². The highest BCUT2D eigenvalue weighted by Crippen LogP contribution is 2.56. The summed E-state index contributed by atoms with van der Waals surface area (Å²) in [5, 5.41) is 0. The maximum atomic E-state index is 12.7. The van der Waals surface area contributed by atoms with E-state index in [1.807, 2.05) is 24.8 Å². The summed E-state index contributed by atoms with van der Waals surface area (Å²) in [6.07, 6.45) is 7.40. The Morgan fingerprint density at radius 2 is 2.00 bits per heavy atom. The molecule has 162 valence electrons. The molecule has 0 spiro atoms. The molecule has 2 atom stereocenters. The van der Waals surface area contributed by atoms with Crippen LogP contribution in [-0.2, 0) is 25.2 Å². The molecule has 0 N–H and O–H groups in total. The standard InChI is InChI=1S/C26H35NO3/c1-8-30-24(29)13-18(4)9-10-20-15-26(20,7)19-11-12-22-21(14-19)25(5,6)16-23(28)27(22)17(2)3/h9-14,17,20H,8,15-16H2,1-7H3/b10-9+,18-13+/t20-,26-/m1/s1. The zero-order valence-corrected chi connectivity index (χ0v) is 19.4. The van der Waals surface area contributed by atoms with Crippen LogP contribution in [-0.4, -0.2) is 24.5 Å². The minimum Gasteiger partial charge on any atom is -0.463 e. The Hall–Kier alpha value is -2.36. The lowest BCUT2D eigenvalue weighted by molar-refractivity contribution is -0.137. The second kappa shape index (κ2) is 8.05. The van der Waals surface area contributed by atoms with Gasteiger partial charge in [-0.2, -0.15) is 0 Å². The predicted octanol–water partition coefficient (Wildman–Crippen LogP) is 5.45. The van der Waals surface area contributed by atoms with Crippen molar-refractivity contribution in [3.63, 3.8) is 0 Å². The van der Waals surface area contributed by atoms with E-state index in [9.17, 15) is 9.59 Å². The fourth-order valence-electron chi connectivity index (χ4n) is 4.60. The highest BCUT2D eigenvalue weighted by atomic mass is 16.5. The van der Waals surface area contributed by atoms with Crippen LogP contribution in [0.25, 0.3) is 0 Å². The molecule has 1 aliphatic heterocycles. The molecule has 30 heavy (non-hydrogen) atoms. The number of carbonyl (C=O) groups excluding carboxylic acids is 2. The number of fused-ring (bicyclic) bond motifs is 1. The van der Waals surface area contributed by atoms with Gasteiger partial charge in [-0.3, -0.25) is 4.79 Å². The first kappa shape index (κ1) is 22.3. The molecule has 0 radical (unpaired) electrons. The average Bonchev–Trinajstić information content (AvgIpc) is 3.30. The third-order valence-electron chi connectivity index (χ3n) is 6.55. The van der Waals surface area contributed by atoms with Crippen molar-refractivity contribution in [1.82, 2.24) is 0 Å². The Kier molecular flexibility index (Phi) is 5.99. The molecule has 1 saturated carbocycles. The van der Waals surface area contributed by atoms with Gasteiger partial charge < -0.3 is 9.64 Å². The lowest BCUT2D eigenvalue weighted by Gasteiger charge is -2.41. The molecule has 1 fully saturated rings. The number of ether oxygens (including phenoxy) is 1. The highest BCUT2D eigenvalue weighted by Gasteiger charge is 2.50. The Bertz CT molecular complexity index is 909. The molecule has 0 aromatic heterocycles. The van der Waals surface area contributed by atoms with Crippen LogP contribution in [0.1, 0.15) is 72.4 Å². The number of carbonyl (C=O) groups is 2. The van der Waals surface area contributed by atoms with Crippen molar-refractivity contribution < 1.29 is 14.3 Å². The van der Waals surface area contributed by atoms with E-state index < -0.39 is 0 Å². The van der Waals surface area contributed by atoms with Crippen LogP contribution in [0.5, 0.6) is 0 Å². The number of rotatable bonds is 6. The van der Waals surface area contributed by atoms with E-state index in [2.05, 4.69) is 58.9 Å². The number of hydrogen-bond donors (Lipinski definition) is 0. The molecule has 0 bridgehead atoms. The van der Waals surface area contributed by atoms with Crippen LogP contribution in [0.3, 0.4) is 0 Å². The predicted molar refractivity (Wildman–Crippen MR) is 122 cm³/mol.